The van der Waals surface area contributed by atoms with Crippen molar-refractivity contribution >= 4 is 21.6 Å². The largest absolute Gasteiger partial charge is 0.366 e. The van der Waals surface area contributed by atoms with Crippen LogP contribution in [-0.4, -0.2) is 36.6 Å². The summed E-state index contributed by atoms with van der Waals surface area (Å²) in [5, 5.41) is 0. The number of fused-ring (bicyclic) bond motifs is 1. The Labute approximate surface area is 130 Å². The Balaban J connectivity index is 1.83. The Morgan fingerprint density at radius 3 is 2.85 bits per heavy atom. The number of benzene rings is 1. The molecule has 2 heterocycles. The lowest BCUT2D eigenvalue weighted by molar-refractivity contribution is 0.203. The van der Waals surface area contributed by atoms with Crippen molar-refractivity contribution in [1.82, 2.24) is 4.90 Å². The first-order chi connectivity index (χ1) is 9.56. The van der Waals surface area contributed by atoms with Gasteiger partial charge in [-0.2, -0.15) is 0 Å². The molecule has 0 bridgehead atoms. The first-order valence-corrected chi connectivity index (χ1v) is 8.41. The lowest BCUT2D eigenvalue weighted by Gasteiger charge is -2.43. The smallest absolute Gasteiger partial charge is 0.0389 e. The molecule has 0 radical (unpaired) electrons. The second kappa shape index (κ2) is 5.66. The van der Waals surface area contributed by atoms with E-state index < -0.39 is 0 Å². The van der Waals surface area contributed by atoms with Crippen molar-refractivity contribution in [1.29, 1.82) is 0 Å². The van der Waals surface area contributed by atoms with Crippen molar-refractivity contribution in [3.63, 3.8) is 0 Å². The molecule has 0 saturated carbocycles. The summed E-state index contributed by atoms with van der Waals surface area (Å²) in [6.45, 7) is 8.00. The fourth-order valence-electron chi connectivity index (χ4n) is 3.61. The maximum atomic E-state index is 5.99. The molecule has 2 saturated heterocycles. The van der Waals surface area contributed by atoms with Crippen LogP contribution in [-0.2, 0) is 0 Å². The maximum absolute atomic E-state index is 5.99. The summed E-state index contributed by atoms with van der Waals surface area (Å²) >= 11 is 3.67. The van der Waals surface area contributed by atoms with Crippen LogP contribution in [0.2, 0.25) is 0 Å². The van der Waals surface area contributed by atoms with Crippen molar-refractivity contribution in [3.05, 3.63) is 28.2 Å². The van der Waals surface area contributed by atoms with Gasteiger partial charge in [0.05, 0.1) is 0 Å². The van der Waals surface area contributed by atoms with Gasteiger partial charge in [-0.25, -0.2) is 0 Å². The lowest BCUT2D eigenvalue weighted by Crippen LogP contribution is -2.55. The number of hydrogen-bond donors (Lipinski definition) is 1. The fraction of sp³-hybridized carbons (Fsp3) is 0.625. The van der Waals surface area contributed by atoms with E-state index in [1.54, 1.807) is 0 Å². The predicted molar refractivity (Wildman–Crippen MR) is 88.1 cm³/mol. The molecule has 2 aliphatic heterocycles. The minimum Gasteiger partial charge on any atom is -0.366 e. The third-order valence-corrected chi connectivity index (χ3v) is 5.43. The first kappa shape index (κ1) is 14.4. The monoisotopic (exact) mass is 337 g/mol. The van der Waals surface area contributed by atoms with E-state index in [-0.39, 0.29) is 6.04 Å². The number of piperazine rings is 1. The Kier molecular flexibility index (Phi) is 4.07. The molecule has 0 aliphatic carbocycles. The molecule has 4 heteroatoms. The maximum Gasteiger partial charge on any atom is 0.0389 e. The summed E-state index contributed by atoms with van der Waals surface area (Å²) in [7, 11) is 0. The van der Waals surface area contributed by atoms with Gasteiger partial charge < -0.3 is 10.6 Å². The van der Waals surface area contributed by atoms with E-state index in [4.69, 9.17) is 5.73 Å². The van der Waals surface area contributed by atoms with Gasteiger partial charge in [0.15, 0.2) is 0 Å². The molecule has 2 aliphatic rings. The summed E-state index contributed by atoms with van der Waals surface area (Å²) in [4.78, 5) is 5.22. The lowest BCUT2D eigenvalue weighted by atomic mass is 10.0. The van der Waals surface area contributed by atoms with Crippen molar-refractivity contribution in [2.45, 2.75) is 44.8 Å². The number of rotatable bonds is 2. The third kappa shape index (κ3) is 2.61. The van der Waals surface area contributed by atoms with Gasteiger partial charge in [0.25, 0.3) is 0 Å². The van der Waals surface area contributed by atoms with Crippen molar-refractivity contribution in [2.75, 3.05) is 24.5 Å². The number of anilines is 1. The molecule has 3 nitrogen and oxygen atoms in total. The Bertz CT molecular complexity index is 489. The predicted octanol–water partition coefficient (Wildman–Crippen LogP) is 3.14. The Morgan fingerprint density at radius 2 is 2.15 bits per heavy atom. The minimum absolute atomic E-state index is 0.0718. The summed E-state index contributed by atoms with van der Waals surface area (Å²) in [5.41, 5.74) is 8.49. The van der Waals surface area contributed by atoms with Crippen LogP contribution in [0.3, 0.4) is 0 Å². The highest BCUT2D eigenvalue weighted by Crippen LogP contribution is 2.32. The molecule has 0 spiro atoms. The highest BCUT2D eigenvalue weighted by molar-refractivity contribution is 9.10. The minimum atomic E-state index is 0.0718. The standard InChI is InChI=1S/C16H24BrN3/c1-11-9-19-7-3-4-14(19)10-20(11)13-5-6-15(12(2)18)16(17)8-13/h5-6,8,11-12,14H,3-4,7,9-10,18H2,1-2H3/t11?,12-,14?/m0/s1. The van der Waals surface area contributed by atoms with E-state index in [0.29, 0.717) is 6.04 Å². The molecular formula is C16H24BrN3. The molecule has 2 fully saturated rings. The molecular weight excluding hydrogens is 314 g/mol. The average Bonchev–Trinajstić information content (AvgIpc) is 2.84. The molecule has 0 aromatic heterocycles. The van der Waals surface area contributed by atoms with Gasteiger partial charge in [0.1, 0.15) is 0 Å². The zero-order chi connectivity index (χ0) is 14.3. The van der Waals surface area contributed by atoms with Gasteiger partial charge >= 0.3 is 0 Å². The molecule has 3 atom stereocenters. The second-order valence-corrected chi connectivity index (χ2v) is 7.14. The zero-order valence-corrected chi connectivity index (χ0v) is 13.9. The van der Waals surface area contributed by atoms with Crippen LogP contribution in [0.1, 0.15) is 38.3 Å². The van der Waals surface area contributed by atoms with E-state index in [0.717, 1.165) is 17.1 Å². The van der Waals surface area contributed by atoms with Crippen LogP contribution in [0.4, 0.5) is 5.69 Å². The van der Waals surface area contributed by atoms with Crippen LogP contribution >= 0.6 is 15.9 Å². The third-order valence-electron chi connectivity index (χ3n) is 4.74. The number of nitrogens with zero attached hydrogens (tertiary/aromatic N) is 2. The zero-order valence-electron chi connectivity index (χ0n) is 12.3. The number of nitrogens with two attached hydrogens (primary N) is 1. The molecule has 2 unspecified atom stereocenters. The van der Waals surface area contributed by atoms with Gasteiger partial charge in [-0.1, -0.05) is 22.0 Å². The quantitative estimate of drug-likeness (QED) is 0.899. The fourth-order valence-corrected chi connectivity index (χ4v) is 4.34. The summed E-state index contributed by atoms with van der Waals surface area (Å²) in [6, 6.07) is 8.03. The van der Waals surface area contributed by atoms with E-state index in [1.807, 2.05) is 6.92 Å². The van der Waals surface area contributed by atoms with E-state index in [1.165, 1.54) is 37.2 Å². The van der Waals surface area contributed by atoms with Gasteiger partial charge in [-0.05, 0) is 50.9 Å². The Hall–Kier alpha value is -0.580. The van der Waals surface area contributed by atoms with Gasteiger partial charge in [0.2, 0.25) is 0 Å². The normalized spacial score (nSPS) is 28.5. The highest BCUT2D eigenvalue weighted by Gasteiger charge is 2.34. The van der Waals surface area contributed by atoms with Crippen molar-refractivity contribution in [3.8, 4) is 0 Å². The van der Waals surface area contributed by atoms with Crippen LogP contribution in [0.5, 0.6) is 0 Å². The van der Waals surface area contributed by atoms with E-state index in [9.17, 15) is 0 Å². The van der Waals surface area contributed by atoms with Crippen molar-refractivity contribution in [2.24, 2.45) is 5.73 Å². The summed E-state index contributed by atoms with van der Waals surface area (Å²) < 4.78 is 1.13. The van der Waals surface area contributed by atoms with E-state index in [2.05, 4.69) is 50.9 Å². The topological polar surface area (TPSA) is 32.5 Å². The molecule has 110 valence electrons. The molecule has 1 aromatic rings. The molecule has 20 heavy (non-hydrogen) atoms. The van der Waals surface area contributed by atoms with Crippen LogP contribution in [0.15, 0.2) is 22.7 Å². The summed E-state index contributed by atoms with van der Waals surface area (Å²) in [5.74, 6) is 0. The van der Waals surface area contributed by atoms with Crippen LogP contribution < -0.4 is 10.6 Å². The van der Waals surface area contributed by atoms with Gasteiger partial charge in [-0.15, -0.1) is 0 Å². The average molecular weight is 338 g/mol. The van der Waals surface area contributed by atoms with Crippen LogP contribution in [0, 0.1) is 0 Å². The summed E-state index contributed by atoms with van der Waals surface area (Å²) in [6.07, 6.45) is 2.71. The first-order valence-electron chi connectivity index (χ1n) is 7.62. The second-order valence-electron chi connectivity index (χ2n) is 6.29. The molecule has 0 amide bonds. The van der Waals surface area contributed by atoms with E-state index >= 15 is 0 Å². The molecule has 1 aromatic carbocycles. The molecule has 3 rings (SSSR count). The van der Waals surface area contributed by atoms with Crippen LogP contribution in [0.25, 0.3) is 0 Å². The number of hydrogen-bond acceptors (Lipinski definition) is 3. The number of halogens is 1. The van der Waals surface area contributed by atoms with Gasteiger partial charge in [-0.3, -0.25) is 4.90 Å². The molecule has 2 N–H and O–H groups in total. The highest BCUT2D eigenvalue weighted by atomic mass is 79.9. The Morgan fingerprint density at radius 1 is 1.35 bits per heavy atom. The van der Waals surface area contributed by atoms with Crippen molar-refractivity contribution < 1.29 is 0 Å². The van der Waals surface area contributed by atoms with Gasteiger partial charge in [0, 0.05) is 41.4 Å². The SMILES string of the molecule is CC1CN2CCCC2CN1c1ccc([C@H](C)N)c(Br)c1.